The van der Waals surface area contributed by atoms with E-state index in [1.165, 1.54) is 0 Å². The van der Waals surface area contributed by atoms with Crippen LogP contribution in [0, 0.1) is 0 Å². The standard InChI is InChI=1S/C18H22N2O4S/c1-13(14-8-6-9-16(11-14)20-25(3,22)23)19-18(21)12-15-7-4-5-10-17(15)24-2/h4-11,13,20H,12H2,1-3H3,(H,19,21). The van der Waals surface area contributed by atoms with Crippen molar-refractivity contribution in [1.29, 1.82) is 0 Å². The summed E-state index contributed by atoms with van der Waals surface area (Å²) in [7, 11) is -1.77. The van der Waals surface area contributed by atoms with Gasteiger partial charge in [-0.1, -0.05) is 30.3 Å². The first-order chi connectivity index (χ1) is 11.8. The van der Waals surface area contributed by atoms with Crippen LogP contribution in [0.4, 0.5) is 5.69 Å². The Balaban J connectivity index is 2.05. The van der Waals surface area contributed by atoms with Gasteiger partial charge in [0.1, 0.15) is 5.75 Å². The first-order valence-corrected chi connectivity index (χ1v) is 9.66. The molecule has 0 aromatic heterocycles. The lowest BCUT2D eigenvalue weighted by Gasteiger charge is -2.16. The lowest BCUT2D eigenvalue weighted by Crippen LogP contribution is -2.28. The predicted octanol–water partition coefficient (Wildman–Crippen LogP) is 2.49. The molecule has 6 nitrogen and oxygen atoms in total. The van der Waals surface area contributed by atoms with Gasteiger partial charge in [0.05, 0.1) is 25.8 Å². The highest BCUT2D eigenvalue weighted by atomic mass is 32.2. The Labute approximate surface area is 148 Å². The van der Waals surface area contributed by atoms with Crippen LogP contribution < -0.4 is 14.8 Å². The van der Waals surface area contributed by atoms with E-state index in [0.717, 1.165) is 17.4 Å². The van der Waals surface area contributed by atoms with Crippen LogP contribution in [0.3, 0.4) is 0 Å². The van der Waals surface area contributed by atoms with Crippen LogP contribution in [-0.4, -0.2) is 27.7 Å². The molecular formula is C18H22N2O4S. The largest absolute Gasteiger partial charge is 0.496 e. The Morgan fingerprint density at radius 2 is 1.88 bits per heavy atom. The summed E-state index contributed by atoms with van der Waals surface area (Å²) in [5, 5.41) is 2.91. The van der Waals surface area contributed by atoms with Crippen LogP contribution in [0.5, 0.6) is 5.75 Å². The van der Waals surface area contributed by atoms with Gasteiger partial charge in [-0.05, 0) is 30.7 Å². The molecule has 0 spiro atoms. The molecule has 0 aliphatic heterocycles. The van der Waals surface area contributed by atoms with Gasteiger partial charge < -0.3 is 10.1 Å². The number of carbonyl (C=O) groups excluding carboxylic acids is 1. The lowest BCUT2D eigenvalue weighted by atomic mass is 10.1. The molecule has 134 valence electrons. The van der Waals surface area contributed by atoms with E-state index >= 15 is 0 Å². The van der Waals surface area contributed by atoms with Crippen molar-refractivity contribution in [3.8, 4) is 5.75 Å². The minimum absolute atomic E-state index is 0.140. The fraction of sp³-hybridized carbons (Fsp3) is 0.278. The summed E-state index contributed by atoms with van der Waals surface area (Å²) in [5.74, 6) is 0.531. The number of anilines is 1. The highest BCUT2D eigenvalue weighted by Gasteiger charge is 2.13. The number of benzene rings is 2. The molecule has 0 bridgehead atoms. The van der Waals surface area contributed by atoms with Crippen molar-refractivity contribution in [2.75, 3.05) is 18.1 Å². The molecule has 0 saturated heterocycles. The zero-order valence-corrected chi connectivity index (χ0v) is 15.3. The van der Waals surface area contributed by atoms with Gasteiger partial charge in [0.2, 0.25) is 15.9 Å². The lowest BCUT2D eigenvalue weighted by molar-refractivity contribution is -0.121. The van der Waals surface area contributed by atoms with Gasteiger partial charge in [-0.25, -0.2) is 8.42 Å². The number of para-hydroxylation sites is 1. The summed E-state index contributed by atoms with van der Waals surface area (Å²) >= 11 is 0. The molecule has 1 amide bonds. The molecular weight excluding hydrogens is 340 g/mol. The summed E-state index contributed by atoms with van der Waals surface area (Å²) in [5.41, 5.74) is 2.08. The van der Waals surface area contributed by atoms with Crippen LogP contribution in [0.25, 0.3) is 0 Å². The van der Waals surface area contributed by atoms with Gasteiger partial charge in [0.25, 0.3) is 0 Å². The number of amides is 1. The SMILES string of the molecule is COc1ccccc1CC(=O)NC(C)c1cccc(NS(C)(=O)=O)c1. The summed E-state index contributed by atoms with van der Waals surface area (Å²) in [6.45, 7) is 1.85. The van der Waals surface area contributed by atoms with E-state index in [1.807, 2.05) is 37.3 Å². The molecule has 0 fully saturated rings. The zero-order chi connectivity index (χ0) is 18.4. The van der Waals surface area contributed by atoms with E-state index in [-0.39, 0.29) is 18.4 Å². The van der Waals surface area contributed by atoms with E-state index in [4.69, 9.17) is 4.74 Å². The molecule has 0 saturated carbocycles. The smallest absolute Gasteiger partial charge is 0.229 e. The maximum absolute atomic E-state index is 12.3. The number of rotatable bonds is 7. The second-order valence-corrected chi connectivity index (χ2v) is 7.53. The minimum atomic E-state index is -3.34. The maximum atomic E-state index is 12.3. The normalized spacial score (nSPS) is 12.3. The molecule has 1 unspecified atom stereocenters. The molecule has 0 aliphatic carbocycles. The topological polar surface area (TPSA) is 84.5 Å². The second-order valence-electron chi connectivity index (χ2n) is 5.78. The van der Waals surface area contributed by atoms with Crippen LogP contribution in [0.15, 0.2) is 48.5 Å². The Morgan fingerprint density at radius 3 is 2.56 bits per heavy atom. The van der Waals surface area contributed by atoms with Crippen LogP contribution in [0.2, 0.25) is 0 Å². The van der Waals surface area contributed by atoms with Crippen LogP contribution in [0.1, 0.15) is 24.1 Å². The average Bonchev–Trinajstić information content (AvgIpc) is 2.54. The molecule has 25 heavy (non-hydrogen) atoms. The van der Waals surface area contributed by atoms with E-state index in [0.29, 0.717) is 11.4 Å². The molecule has 2 N–H and O–H groups in total. The Hall–Kier alpha value is -2.54. The highest BCUT2D eigenvalue weighted by Crippen LogP contribution is 2.20. The number of carbonyl (C=O) groups is 1. The minimum Gasteiger partial charge on any atom is -0.496 e. The molecule has 2 aromatic carbocycles. The molecule has 7 heteroatoms. The van der Waals surface area contributed by atoms with Gasteiger partial charge in [0.15, 0.2) is 0 Å². The Morgan fingerprint density at radius 1 is 1.16 bits per heavy atom. The van der Waals surface area contributed by atoms with E-state index in [2.05, 4.69) is 10.0 Å². The Bertz CT molecular complexity index is 850. The summed E-state index contributed by atoms with van der Waals surface area (Å²) in [4.78, 5) is 12.3. The van der Waals surface area contributed by atoms with Gasteiger partial charge in [-0.3, -0.25) is 9.52 Å². The third-order valence-corrected chi connectivity index (χ3v) is 4.22. The first-order valence-electron chi connectivity index (χ1n) is 7.77. The number of nitrogens with one attached hydrogen (secondary N) is 2. The number of ether oxygens (including phenoxy) is 1. The molecule has 2 aromatic rings. The van der Waals surface area contributed by atoms with Gasteiger partial charge >= 0.3 is 0 Å². The maximum Gasteiger partial charge on any atom is 0.229 e. The third kappa shape index (κ3) is 5.79. The summed E-state index contributed by atoms with van der Waals surface area (Å²) in [6, 6.07) is 14.0. The number of sulfonamides is 1. The molecule has 0 radical (unpaired) electrons. The third-order valence-electron chi connectivity index (χ3n) is 3.61. The average molecular weight is 362 g/mol. The monoisotopic (exact) mass is 362 g/mol. The molecule has 0 heterocycles. The van der Waals surface area contributed by atoms with Crippen molar-refractivity contribution in [3.63, 3.8) is 0 Å². The van der Waals surface area contributed by atoms with Crippen molar-refractivity contribution < 1.29 is 17.9 Å². The van der Waals surface area contributed by atoms with Crippen molar-refractivity contribution >= 4 is 21.6 Å². The molecule has 1 atom stereocenters. The van der Waals surface area contributed by atoms with Crippen LogP contribution >= 0.6 is 0 Å². The number of hydrogen-bond acceptors (Lipinski definition) is 4. The first kappa shape index (κ1) is 18.8. The van der Waals surface area contributed by atoms with E-state index in [9.17, 15) is 13.2 Å². The second kappa shape index (κ2) is 8.02. The van der Waals surface area contributed by atoms with Gasteiger partial charge in [-0.15, -0.1) is 0 Å². The summed E-state index contributed by atoms with van der Waals surface area (Å²) in [6.07, 6.45) is 1.30. The fourth-order valence-corrected chi connectivity index (χ4v) is 3.04. The molecule has 0 aliphatic rings. The van der Waals surface area contributed by atoms with Gasteiger partial charge in [-0.2, -0.15) is 0 Å². The highest BCUT2D eigenvalue weighted by molar-refractivity contribution is 7.92. The van der Waals surface area contributed by atoms with Crippen LogP contribution in [-0.2, 0) is 21.2 Å². The Kier molecular flexibility index (Phi) is 6.03. The van der Waals surface area contributed by atoms with Crippen molar-refractivity contribution in [1.82, 2.24) is 5.32 Å². The summed E-state index contributed by atoms with van der Waals surface area (Å²) < 4.78 is 30.3. The molecule has 2 rings (SSSR count). The quantitative estimate of drug-likeness (QED) is 0.792. The van der Waals surface area contributed by atoms with Crippen molar-refractivity contribution in [2.45, 2.75) is 19.4 Å². The number of methoxy groups -OCH3 is 1. The van der Waals surface area contributed by atoms with Crippen molar-refractivity contribution in [3.05, 3.63) is 59.7 Å². The fourth-order valence-electron chi connectivity index (χ4n) is 2.48. The number of hydrogen-bond donors (Lipinski definition) is 2. The van der Waals surface area contributed by atoms with E-state index < -0.39 is 10.0 Å². The zero-order valence-electron chi connectivity index (χ0n) is 14.4. The van der Waals surface area contributed by atoms with Gasteiger partial charge in [0, 0.05) is 11.3 Å². The predicted molar refractivity (Wildman–Crippen MR) is 98.2 cm³/mol. The van der Waals surface area contributed by atoms with E-state index in [1.54, 1.807) is 25.3 Å². The van der Waals surface area contributed by atoms with Crippen molar-refractivity contribution in [2.24, 2.45) is 0 Å².